The Bertz CT molecular complexity index is 1640. The van der Waals surface area contributed by atoms with Gasteiger partial charge < -0.3 is 5.32 Å². The molecule has 3 heterocycles. The number of alkyl halides is 3. The molecule has 0 saturated heterocycles. The monoisotopic (exact) mass is 514 g/mol. The first kappa shape index (κ1) is 24.8. The van der Waals surface area contributed by atoms with Crippen LogP contribution in [0.5, 0.6) is 0 Å². The number of hydrogen-bond donors (Lipinski definition) is 1. The highest BCUT2D eigenvalue weighted by molar-refractivity contribution is 5.81. The zero-order chi connectivity index (χ0) is 26.7. The van der Waals surface area contributed by atoms with E-state index in [0.717, 1.165) is 17.7 Å². The summed E-state index contributed by atoms with van der Waals surface area (Å²) in [6.45, 7) is 2.10. The van der Waals surface area contributed by atoms with Crippen LogP contribution in [-0.2, 0) is 12.7 Å². The maximum Gasteiger partial charge on any atom is 0.416 e. The number of anilines is 1. The molecule has 5 rings (SSSR count). The van der Waals surface area contributed by atoms with Crippen LogP contribution >= 0.6 is 0 Å². The number of benzene rings is 2. The Morgan fingerprint density at radius 1 is 1.03 bits per heavy atom. The van der Waals surface area contributed by atoms with E-state index in [1.54, 1.807) is 41.1 Å². The molecular weight excluding hydrogens is 493 g/mol. The third-order valence-electron chi connectivity index (χ3n) is 6.01. The molecule has 8 nitrogen and oxygen atoms in total. The molecule has 1 atom stereocenters. The maximum absolute atomic E-state index is 13.5. The smallest absolute Gasteiger partial charge is 0.348 e. The lowest BCUT2D eigenvalue weighted by Crippen LogP contribution is -2.09. The number of fused-ring (bicyclic) bond motifs is 1. The zero-order valence-corrected chi connectivity index (χ0v) is 20.1. The van der Waals surface area contributed by atoms with Gasteiger partial charge in [-0.25, -0.2) is 15.0 Å². The molecule has 0 aliphatic carbocycles. The Labute approximate surface area is 215 Å². The van der Waals surface area contributed by atoms with E-state index in [-0.39, 0.29) is 12.6 Å². The summed E-state index contributed by atoms with van der Waals surface area (Å²) < 4.78 is 42.3. The maximum atomic E-state index is 13.5. The van der Waals surface area contributed by atoms with Crippen LogP contribution < -0.4 is 5.32 Å². The van der Waals surface area contributed by atoms with Crippen molar-refractivity contribution in [1.29, 1.82) is 0 Å². The second-order valence-electron chi connectivity index (χ2n) is 8.58. The van der Waals surface area contributed by atoms with Crippen LogP contribution in [-0.4, -0.2) is 19.4 Å². The van der Waals surface area contributed by atoms with E-state index in [2.05, 4.69) is 30.3 Å². The van der Waals surface area contributed by atoms with Crippen molar-refractivity contribution in [3.05, 3.63) is 112 Å². The van der Waals surface area contributed by atoms with Gasteiger partial charge in [0.15, 0.2) is 0 Å². The molecule has 0 spiro atoms. The molecule has 0 radical (unpaired) electrons. The van der Waals surface area contributed by atoms with E-state index in [0.29, 0.717) is 39.8 Å². The first-order valence-corrected chi connectivity index (χ1v) is 11.7. The van der Waals surface area contributed by atoms with Crippen molar-refractivity contribution in [3.8, 4) is 22.6 Å². The van der Waals surface area contributed by atoms with E-state index in [1.165, 1.54) is 6.07 Å². The Kier molecular flexibility index (Phi) is 6.68. The summed E-state index contributed by atoms with van der Waals surface area (Å²) in [4.78, 5) is 16.5. The Hall–Kier alpha value is -4.89. The van der Waals surface area contributed by atoms with Crippen molar-refractivity contribution in [2.75, 3.05) is 5.32 Å². The second-order valence-corrected chi connectivity index (χ2v) is 8.58. The highest BCUT2D eigenvalue weighted by Gasteiger charge is 2.31. The average molecular weight is 515 g/mol. The largest absolute Gasteiger partial charge is 0.416 e. The lowest BCUT2D eigenvalue weighted by atomic mass is 10.0. The molecule has 3 aromatic heterocycles. The van der Waals surface area contributed by atoms with E-state index in [4.69, 9.17) is 5.53 Å². The number of nitrogens with one attached hydrogen (secondary N) is 1. The van der Waals surface area contributed by atoms with Crippen molar-refractivity contribution in [3.63, 3.8) is 0 Å². The minimum Gasteiger partial charge on any atom is -0.348 e. The van der Waals surface area contributed by atoms with Gasteiger partial charge in [0.2, 0.25) is 5.95 Å². The summed E-state index contributed by atoms with van der Waals surface area (Å²) in [6, 6.07) is 19.9. The van der Waals surface area contributed by atoms with Gasteiger partial charge in [0.25, 0.3) is 0 Å². The van der Waals surface area contributed by atoms with Gasteiger partial charge in [-0.3, -0.25) is 4.40 Å². The van der Waals surface area contributed by atoms with E-state index >= 15 is 0 Å². The molecule has 0 saturated carbocycles. The molecule has 11 heteroatoms. The van der Waals surface area contributed by atoms with Crippen molar-refractivity contribution in [2.24, 2.45) is 5.11 Å². The molecule has 0 aliphatic rings. The highest BCUT2D eigenvalue weighted by atomic mass is 19.4. The molecule has 38 heavy (non-hydrogen) atoms. The lowest BCUT2D eigenvalue weighted by molar-refractivity contribution is -0.137. The third kappa shape index (κ3) is 5.14. The average Bonchev–Trinajstić information content (AvgIpc) is 3.31. The summed E-state index contributed by atoms with van der Waals surface area (Å²) in [5, 5.41) is 6.87. The summed E-state index contributed by atoms with van der Waals surface area (Å²) >= 11 is 0. The lowest BCUT2D eigenvalue weighted by Gasteiger charge is -2.15. The van der Waals surface area contributed by atoms with Gasteiger partial charge in [-0.15, -0.1) is 0 Å². The molecule has 190 valence electrons. The molecule has 5 aromatic rings. The SMILES string of the molecule is C[C@@H](Nc1nccc(-c2c(-c3cccc(C(F)(F)F)c3)nc3cc(CN=[N+]=[N-])ccn23)n1)c1ccccc1. The molecule has 0 aliphatic heterocycles. The molecule has 0 fully saturated rings. The van der Waals surface area contributed by atoms with Crippen LogP contribution in [0.25, 0.3) is 38.7 Å². The van der Waals surface area contributed by atoms with Crippen molar-refractivity contribution < 1.29 is 13.2 Å². The number of hydrogen-bond acceptors (Lipinski definition) is 5. The predicted octanol–water partition coefficient (Wildman–Crippen LogP) is 7.46. The van der Waals surface area contributed by atoms with Gasteiger partial charge in [0.05, 0.1) is 35.2 Å². The van der Waals surface area contributed by atoms with Gasteiger partial charge in [-0.1, -0.05) is 47.6 Å². The molecule has 0 unspecified atom stereocenters. The van der Waals surface area contributed by atoms with Crippen molar-refractivity contribution in [1.82, 2.24) is 19.4 Å². The van der Waals surface area contributed by atoms with Gasteiger partial charge in [0.1, 0.15) is 5.65 Å². The highest BCUT2D eigenvalue weighted by Crippen LogP contribution is 2.36. The standard InChI is InChI=1S/C27H21F3N8/c1-17(19-6-3-2-4-7-19)34-26-32-12-10-22(35-26)25-24(20-8-5-9-21(15-20)27(28,29)30)36-23-14-18(16-33-37-31)11-13-38(23)25/h2-15,17H,16H2,1H3,(H,32,34,35)/t17-/m1/s1. The van der Waals surface area contributed by atoms with Gasteiger partial charge in [-0.2, -0.15) is 13.2 Å². The van der Waals surface area contributed by atoms with Gasteiger partial charge >= 0.3 is 6.18 Å². The number of imidazole rings is 1. The second kappa shape index (κ2) is 10.2. The first-order chi connectivity index (χ1) is 18.3. The number of azide groups is 1. The van der Waals surface area contributed by atoms with Gasteiger partial charge in [0, 0.05) is 22.9 Å². The Morgan fingerprint density at radius 3 is 2.61 bits per heavy atom. The van der Waals surface area contributed by atoms with E-state index < -0.39 is 11.7 Å². The van der Waals surface area contributed by atoms with Gasteiger partial charge in [-0.05, 0) is 53.9 Å². The predicted molar refractivity (Wildman–Crippen MR) is 138 cm³/mol. The summed E-state index contributed by atoms with van der Waals surface area (Å²) in [5.41, 5.74) is 11.7. The first-order valence-electron chi connectivity index (χ1n) is 11.7. The number of nitrogens with zero attached hydrogens (tertiary/aromatic N) is 7. The molecular formula is C27H21F3N8. The van der Waals surface area contributed by atoms with Crippen molar-refractivity contribution >= 4 is 11.6 Å². The number of pyridine rings is 1. The molecule has 1 N–H and O–H groups in total. The quantitative estimate of drug-likeness (QED) is 0.138. The van der Waals surface area contributed by atoms with E-state index in [9.17, 15) is 13.2 Å². The van der Waals surface area contributed by atoms with Crippen LogP contribution in [0.2, 0.25) is 0 Å². The van der Waals surface area contributed by atoms with Crippen LogP contribution in [0.4, 0.5) is 19.1 Å². The fourth-order valence-electron chi connectivity index (χ4n) is 4.17. The zero-order valence-electron chi connectivity index (χ0n) is 20.1. The van der Waals surface area contributed by atoms with Crippen LogP contribution in [0.15, 0.2) is 90.3 Å². The topological polar surface area (TPSA) is 104 Å². The molecule has 2 aromatic carbocycles. The molecule has 0 bridgehead atoms. The van der Waals surface area contributed by atoms with Crippen LogP contribution in [0, 0.1) is 0 Å². The van der Waals surface area contributed by atoms with Crippen LogP contribution in [0.1, 0.15) is 29.7 Å². The Morgan fingerprint density at radius 2 is 1.84 bits per heavy atom. The number of rotatable bonds is 7. The third-order valence-corrected chi connectivity index (χ3v) is 6.01. The minimum absolute atomic E-state index is 0.0835. The van der Waals surface area contributed by atoms with Crippen LogP contribution in [0.3, 0.4) is 0 Å². The molecule has 0 amide bonds. The number of aromatic nitrogens is 4. The minimum atomic E-state index is -4.50. The fourth-order valence-corrected chi connectivity index (χ4v) is 4.17. The van der Waals surface area contributed by atoms with E-state index in [1.807, 2.05) is 37.3 Å². The Balaban J connectivity index is 1.63. The number of halogens is 3. The normalized spacial score (nSPS) is 12.2. The summed E-state index contributed by atoms with van der Waals surface area (Å²) in [6.07, 6.45) is -1.18. The van der Waals surface area contributed by atoms with Crippen molar-refractivity contribution in [2.45, 2.75) is 25.7 Å². The summed E-state index contributed by atoms with van der Waals surface area (Å²) in [7, 11) is 0. The fraction of sp³-hybridized carbons (Fsp3) is 0.148. The summed E-state index contributed by atoms with van der Waals surface area (Å²) in [5.74, 6) is 0.365.